The number of nitrogens with one attached hydrogen (secondary N) is 1. The number of aliphatic hydroxyl groups excluding tert-OH is 1. The molecule has 4 heterocycles. The molecule has 3 aliphatic rings. The molecule has 2 aromatic carbocycles. The number of rotatable bonds is 8. The van der Waals surface area contributed by atoms with Crippen molar-refractivity contribution in [1.82, 2.24) is 24.8 Å². The Hall–Kier alpha value is -4.38. The van der Waals surface area contributed by atoms with Gasteiger partial charge in [0.1, 0.15) is 30.9 Å². The van der Waals surface area contributed by atoms with E-state index in [1.165, 1.54) is 16.9 Å². The quantitative estimate of drug-likeness (QED) is 0.399. The van der Waals surface area contributed by atoms with Crippen molar-refractivity contribution in [2.75, 3.05) is 69.3 Å². The molecule has 0 bridgehead atoms. The van der Waals surface area contributed by atoms with E-state index in [1.807, 2.05) is 12.1 Å². The van der Waals surface area contributed by atoms with Gasteiger partial charge in [0.05, 0.1) is 31.4 Å². The zero-order valence-corrected chi connectivity index (χ0v) is 23.6. The van der Waals surface area contributed by atoms with Crippen molar-refractivity contribution in [2.24, 2.45) is 0 Å². The van der Waals surface area contributed by atoms with Crippen LogP contribution in [0.25, 0.3) is 11.4 Å². The fourth-order valence-corrected chi connectivity index (χ4v) is 5.52. The molecule has 0 aliphatic carbocycles. The Bertz CT molecular complexity index is 1470. The summed E-state index contributed by atoms with van der Waals surface area (Å²) in [5.74, 6) is 0.450. The minimum atomic E-state index is -1.44. The standard InChI is InChI=1S/C30H33FN8O4/c31-25-15-39(28(41)16-40)8-7-27(25)43-26-6-1-20(13-21(26)14-32)29-33-19-34-30(36-29)35-22-2-4-23(5-3-22)37-9-11-38(12-10-37)24-17-42-18-24/h1-6,13,19,24-25,27,40H,7-12,15-18H2,(H,33,34,35,36). The predicted molar refractivity (Wildman–Crippen MR) is 156 cm³/mol. The second kappa shape index (κ2) is 12.9. The fraction of sp³-hybridized carbons (Fsp3) is 0.433. The second-order valence-electron chi connectivity index (χ2n) is 10.8. The van der Waals surface area contributed by atoms with Crippen molar-refractivity contribution in [3.05, 3.63) is 54.4 Å². The van der Waals surface area contributed by atoms with Crippen LogP contribution in [0.5, 0.6) is 5.75 Å². The summed E-state index contributed by atoms with van der Waals surface area (Å²) in [6.07, 6.45) is -0.612. The van der Waals surface area contributed by atoms with Gasteiger partial charge in [0.25, 0.3) is 0 Å². The molecular formula is C30H33FN8O4. The van der Waals surface area contributed by atoms with Crippen molar-refractivity contribution in [3.8, 4) is 23.2 Å². The van der Waals surface area contributed by atoms with E-state index in [9.17, 15) is 14.4 Å². The topological polar surface area (TPSA) is 140 Å². The van der Waals surface area contributed by atoms with Crippen LogP contribution in [-0.4, -0.2) is 113 Å². The SMILES string of the molecule is N#Cc1cc(-c2ncnc(Nc3ccc(N4CCN(C5COC5)CC4)cc3)n2)ccc1OC1CCN(C(=O)CO)CC1F. The third-order valence-electron chi connectivity index (χ3n) is 8.12. The average Bonchev–Trinajstić information content (AvgIpc) is 3.02. The highest BCUT2D eigenvalue weighted by Crippen LogP contribution is 2.29. The summed E-state index contributed by atoms with van der Waals surface area (Å²) >= 11 is 0. The fourth-order valence-electron chi connectivity index (χ4n) is 5.52. The Morgan fingerprint density at radius 3 is 2.58 bits per heavy atom. The van der Waals surface area contributed by atoms with Crippen LogP contribution in [0.3, 0.4) is 0 Å². The van der Waals surface area contributed by atoms with Crippen LogP contribution in [0.15, 0.2) is 48.8 Å². The Labute approximate surface area is 248 Å². The van der Waals surface area contributed by atoms with Gasteiger partial charge in [0.2, 0.25) is 11.9 Å². The van der Waals surface area contributed by atoms with Crippen LogP contribution in [-0.2, 0) is 9.53 Å². The van der Waals surface area contributed by atoms with Crippen LogP contribution in [0.1, 0.15) is 12.0 Å². The van der Waals surface area contributed by atoms with E-state index < -0.39 is 24.8 Å². The third-order valence-corrected chi connectivity index (χ3v) is 8.12. The summed E-state index contributed by atoms with van der Waals surface area (Å²) in [5, 5.41) is 22.0. The minimum Gasteiger partial charge on any atom is -0.486 e. The molecule has 12 nitrogen and oxygen atoms in total. The first-order chi connectivity index (χ1) is 21.0. The lowest BCUT2D eigenvalue weighted by Crippen LogP contribution is -2.56. The van der Waals surface area contributed by atoms with Gasteiger partial charge in [-0.05, 0) is 42.5 Å². The van der Waals surface area contributed by atoms with E-state index in [0.717, 1.165) is 45.1 Å². The zero-order valence-electron chi connectivity index (χ0n) is 23.6. The van der Waals surface area contributed by atoms with Crippen LogP contribution in [0, 0.1) is 11.3 Å². The molecule has 2 atom stereocenters. The van der Waals surface area contributed by atoms with Gasteiger partial charge in [0, 0.05) is 56.1 Å². The first kappa shape index (κ1) is 28.7. The predicted octanol–water partition coefficient (Wildman–Crippen LogP) is 1.98. The van der Waals surface area contributed by atoms with Gasteiger partial charge in [-0.2, -0.15) is 10.2 Å². The monoisotopic (exact) mass is 588 g/mol. The summed E-state index contributed by atoms with van der Waals surface area (Å²) < 4.78 is 25.9. The van der Waals surface area contributed by atoms with Crippen LogP contribution < -0.4 is 15.0 Å². The number of ether oxygens (including phenoxy) is 2. The maximum Gasteiger partial charge on any atom is 0.248 e. The molecule has 0 spiro atoms. The summed E-state index contributed by atoms with van der Waals surface area (Å²) in [4.78, 5) is 30.9. The number of alkyl halides is 1. The van der Waals surface area contributed by atoms with E-state index in [0.29, 0.717) is 23.4 Å². The Morgan fingerprint density at radius 2 is 1.91 bits per heavy atom. The van der Waals surface area contributed by atoms with Gasteiger partial charge in [-0.3, -0.25) is 9.69 Å². The highest BCUT2D eigenvalue weighted by atomic mass is 19.1. The number of anilines is 3. The average molecular weight is 589 g/mol. The molecule has 1 aromatic heterocycles. The number of aromatic nitrogens is 3. The maximum absolute atomic E-state index is 14.7. The molecule has 6 rings (SSSR count). The highest BCUT2D eigenvalue weighted by Gasteiger charge is 2.33. The smallest absolute Gasteiger partial charge is 0.248 e. The number of piperazine rings is 1. The molecule has 224 valence electrons. The van der Waals surface area contributed by atoms with Crippen LogP contribution in [0.4, 0.5) is 21.7 Å². The minimum absolute atomic E-state index is 0.166. The van der Waals surface area contributed by atoms with Crippen molar-refractivity contribution in [2.45, 2.75) is 24.7 Å². The van der Waals surface area contributed by atoms with Gasteiger partial charge in [-0.15, -0.1) is 0 Å². The van der Waals surface area contributed by atoms with Crippen molar-refractivity contribution >= 4 is 23.2 Å². The normalized spacial score (nSPS) is 21.1. The number of carbonyl (C=O) groups is 1. The maximum atomic E-state index is 14.7. The number of likely N-dealkylation sites (tertiary alicyclic amines) is 1. The Morgan fingerprint density at radius 1 is 1.12 bits per heavy atom. The molecule has 43 heavy (non-hydrogen) atoms. The van der Waals surface area contributed by atoms with Gasteiger partial charge >= 0.3 is 0 Å². The van der Waals surface area contributed by atoms with Crippen molar-refractivity contribution in [1.29, 1.82) is 5.26 Å². The largest absolute Gasteiger partial charge is 0.486 e. The number of benzene rings is 2. The van der Waals surface area contributed by atoms with Crippen molar-refractivity contribution < 1.29 is 23.8 Å². The number of hydrogen-bond acceptors (Lipinski definition) is 11. The van der Waals surface area contributed by atoms with Crippen LogP contribution >= 0.6 is 0 Å². The van der Waals surface area contributed by atoms with Crippen LogP contribution in [0.2, 0.25) is 0 Å². The molecule has 3 saturated heterocycles. The van der Waals surface area contributed by atoms with Gasteiger partial charge < -0.3 is 29.7 Å². The number of amides is 1. The number of nitrogens with zero attached hydrogens (tertiary/aromatic N) is 7. The highest BCUT2D eigenvalue weighted by molar-refractivity contribution is 5.77. The molecule has 0 saturated carbocycles. The lowest BCUT2D eigenvalue weighted by Gasteiger charge is -2.43. The third kappa shape index (κ3) is 6.51. The Balaban J connectivity index is 1.08. The molecular weight excluding hydrogens is 555 g/mol. The molecule has 3 fully saturated rings. The first-order valence-electron chi connectivity index (χ1n) is 14.4. The lowest BCUT2D eigenvalue weighted by atomic mass is 10.0. The summed E-state index contributed by atoms with van der Waals surface area (Å²) in [7, 11) is 0. The number of piperidine rings is 1. The number of aliphatic hydroxyl groups is 1. The summed E-state index contributed by atoms with van der Waals surface area (Å²) in [6.45, 7) is 5.16. The molecule has 3 aliphatic heterocycles. The molecule has 13 heteroatoms. The second-order valence-corrected chi connectivity index (χ2v) is 10.8. The number of hydrogen-bond donors (Lipinski definition) is 2. The molecule has 0 radical (unpaired) electrons. The zero-order chi connectivity index (χ0) is 29.8. The van der Waals surface area contributed by atoms with Gasteiger partial charge in [0.15, 0.2) is 12.0 Å². The number of carbonyl (C=O) groups excluding carboxylic acids is 1. The van der Waals surface area contributed by atoms with Crippen molar-refractivity contribution in [3.63, 3.8) is 0 Å². The summed E-state index contributed by atoms with van der Waals surface area (Å²) in [6, 6.07) is 15.7. The van der Waals surface area contributed by atoms with E-state index in [1.54, 1.807) is 18.2 Å². The molecule has 2 N–H and O–H groups in total. The molecule has 1 amide bonds. The Kier molecular flexibility index (Phi) is 8.59. The molecule has 2 unspecified atom stereocenters. The first-order valence-corrected chi connectivity index (χ1v) is 14.4. The lowest BCUT2D eigenvalue weighted by molar-refractivity contribution is -0.138. The number of nitriles is 1. The van der Waals surface area contributed by atoms with E-state index in [4.69, 9.17) is 14.6 Å². The van der Waals surface area contributed by atoms with Gasteiger partial charge in [-0.1, -0.05) is 0 Å². The molecule has 3 aromatic rings. The number of halogens is 1. The van der Waals surface area contributed by atoms with E-state index in [2.05, 4.69) is 48.3 Å². The van der Waals surface area contributed by atoms with E-state index in [-0.39, 0.29) is 30.8 Å². The van der Waals surface area contributed by atoms with Gasteiger partial charge in [-0.25, -0.2) is 14.4 Å². The summed E-state index contributed by atoms with van der Waals surface area (Å²) in [5.41, 5.74) is 2.80. The van der Waals surface area contributed by atoms with E-state index >= 15 is 0 Å².